The first-order valence-corrected chi connectivity index (χ1v) is 7.24. The first-order chi connectivity index (χ1) is 8.25. The summed E-state index contributed by atoms with van der Waals surface area (Å²) in [5, 5.41) is 7.72. The maximum atomic E-state index is 11.8. The predicted molar refractivity (Wildman–Crippen MR) is 66.7 cm³/mol. The fourth-order valence-electron chi connectivity index (χ4n) is 1.66. The van der Waals surface area contributed by atoms with Crippen LogP contribution in [0, 0.1) is 6.92 Å². The van der Waals surface area contributed by atoms with E-state index in [9.17, 15) is 13.2 Å². The van der Waals surface area contributed by atoms with Gasteiger partial charge in [0.25, 0.3) is 5.91 Å². The Morgan fingerprint density at radius 2 is 2.17 bits per heavy atom. The largest absolute Gasteiger partial charge is 0.455 e. The summed E-state index contributed by atoms with van der Waals surface area (Å²) >= 11 is 0. The van der Waals surface area contributed by atoms with Crippen molar-refractivity contribution in [3.8, 4) is 0 Å². The predicted octanol–water partition coefficient (Wildman–Crippen LogP) is 1.15. The molecule has 1 unspecified atom stereocenters. The summed E-state index contributed by atoms with van der Waals surface area (Å²) in [6, 6.07) is 1.16. The standard InChI is InChI=1S/C11H18N2O4S/c1-4-5-7(2)13-11(14)9-6-10(8(3)17-9)18(12,15)16/h6-7H,4-5H2,1-3H3,(H,13,14)(H2,12,15,16). The zero-order valence-corrected chi connectivity index (χ0v) is 11.5. The number of carbonyl (C=O) groups is 1. The Morgan fingerprint density at radius 3 is 2.61 bits per heavy atom. The number of primary sulfonamides is 1. The van der Waals surface area contributed by atoms with Crippen molar-refractivity contribution in [2.24, 2.45) is 5.14 Å². The molecule has 0 bridgehead atoms. The summed E-state index contributed by atoms with van der Waals surface area (Å²) in [6.45, 7) is 5.34. The summed E-state index contributed by atoms with van der Waals surface area (Å²) in [5.41, 5.74) is 0. The van der Waals surface area contributed by atoms with Crippen molar-refractivity contribution in [3.63, 3.8) is 0 Å². The van der Waals surface area contributed by atoms with Crippen LogP contribution in [-0.2, 0) is 10.0 Å². The Kier molecular flexibility index (Phi) is 4.53. The van der Waals surface area contributed by atoms with Crippen LogP contribution in [0.25, 0.3) is 0 Å². The minimum atomic E-state index is -3.86. The molecule has 0 aliphatic rings. The Bertz CT molecular complexity index is 533. The van der Waals surface area contributed by atoms with Gasteiger partial charge >= 0.3 is 0 Å². The van der Waals surface area contributed by atoms with E-state index in [0.29, 0.717) is 0 Å². The van der Waals surface area contributed by atoms with E-state index in [2.05, 4.69) is 5.32 Å². The topological polar surface area (TPSA) is 102 Å². The Hall–Kier alpha value is -1.34. The first-order valence-electron chi connectivity index (χ1n) is 5.69. The molecule has 102 valence electrons. The molecule has 1 aromatic heterocycles. The molecule has 1 amide bonds. The maximum absolute atomic E-state index is 11.8. The lowest BCUT2D eigenvalue weighted by molar-refractivity contribution is 0.0909. The lowest BCUT2D eigenvalue weighted by Gasteiger charge is -2.10. The molecule has 0 spiro atoms. The Morgan fingerprint density at radius 1 is 1.56 bits per heavy atom. The molecule has 0 saturated carbocycles. The van der Waals surface area contributed by atoms with Gasteiger partial charge in [0.05, 0.1) is 0 Å². The first kappa shape index (κ1) is 14.7. The minimum absolute atomic E-state index is 0.00541. The molecular formula is C11H18N2O4S. The van der Waals surface area contributed by atoms with E-state index in [4.69, 9.17) is 9.56 Å². The molecule has 0 aliphatic heterocycles. The average molecular weight is 274 g/mol. The molecule has 1 rings (SSSR count). The molecule has 1 atom stereocenters. The third-order valence-electron chi connectivity index (χ3n) is 2.50. The zero-order valence-electron chi connectivity index (χ0n) is 10.7. The molecule has 1 heterocycles. The number of amides is 1. The van der Waals surface area contributed by atoms with E-state index in [1.165, 1.54) is 6.92 Å². The second-order valence-electron chi connectivity index (χ2n) is 4.24. The Labute approximate surface area is 107 Å². The molecule has 6 nitrogen and oxygen atoms in total. The van der Waals surface area contributed by atoms with Crippen molar-refractivity contribution in [1.29, 1.82) is 0 Å². The van der Waals surface area contributed by atoms with Gasteiger partial charge in [0, 0.05) is 12.1 Å². The molecule has 0 aliphatic carbocycles. The van der Waals surface area contributed by atoms with Crippen molar-refractivity contribution >= 4 is 15.9 Å². The molecule has 0 radical (unpaired) electrons. The van der Waals surface area contributed by atoms with E-state index >= 15 is 0 Å². The summed E-state index contributed by atoms with van der Waals surface area (Å²) in [6.07, 6.45) is 1.79. The molecule has 7 heteroatoms. The van der Waals surface area contributed by atoms with E-state index in [-0.39, 0.29) is 22.5 Å². The number of nitrogens with two attached hydrogens (primary N) is 1. The van der Waals surface area contributed by atoms with E-state index in [1.54, 1.807) is 0 Å². The second kappa shape index (κ2) is 5.53. The molecule has 18 heavy (non-hydrogen) atoms. The third kappa shape index (κ3) is 3.58. The van der Waals surface area contributed by atoms with Crippen molar-refractivity contribution in [2.45, 2.75) is 44.6 Å². The van der Waals surface area contributed by atoms with Crippen LogP contribution < -0.4 is 10.5 Å². The number of carbonyl (C=O) groups excluding carboxylic acids is 1. The molecule has 0 saturated heterocycles. The van der Waals surface area contributed by atoms with Gasteiger partial charge in [-0.1, -0.05) is 13.3 Å². The van der Waals surface area contributed by atoms with Crippen molar-refractivity contribution in [2.75, 3.05) is 0 Å². The third-order valence-corrected chi connectivity index (χ3v) is 3.52. The van der Waals surface area contributed by atoms with Crippen LogP contribution >= 0.6 is 0 Å². The quantitative estimate of drug-likeness (QED) is 0.840. The molecule has 0 aromatic carbocycles. The summed E-state index contributed by atoms with van der Waals surface area (Å²) in [5.74, 6) is -0.362. The van der Waals surface area contributed by atoms with Crippen LogP contribution in [0.15, 0.2) is 15.4 Å². The van der Waals surface area contributed by atoms with Gasteiger partial charge in [0.2, 0.25) is 10.0 Å². The lowest BCUT2D eigenvalue weighted by atomic mass is 10.2. The average Bonchev–Trinajstić information content (AvgIpc) is 2.60. The molecule has 0 fully saturated rings. The SMILES string of the molecule is CCCC(C)NC(=O)c1cc(S(N)(=O)=O)c(C)o1. The van der Waals surface area contributed by atoms with Gasteiger partial charge in [-0.2, -0.15) is 0 Å². The molecule has 3 N–H and O–H groups in total. The number of aryl methyl sites for hydroxylation is 1. The summed E-state index contributed by atoms with van der Waals surface area (Å²) < 4.78 is 27.5. The van der Waals surface area contributed by atoms with Gasteiger partial charge in [-0.3, -0.25) is 4.79 Å². The van der Waals surface area contributed by atoms with Gasteiger partial charge in [-0.15, -0.1) is 0 Å². The molecular weight excluding hydrogens is 256 g/mol. The van der Waals surface area contributed by atoms with Gasteiger partial charge < -0.3 is 9.73 Å². The van der Waals surface area contributed by atoms with Crippen molar-refractivity contribution < 1.29 is 17.6 Å². The summed E-state index contributed by atoms with van der Waals surface area (Å²) in [4.78, 5) is 11.6. The van der Waals surface area contributed by atoms with Crippen LogP contribution in [0.2, 0.25) is 0 Å². The van der Waals surface area contributed by atoms with E-state index in [0.717, 1.165) is 18.9 Å². The van der Waals surface area contributed by atoms with Crippen molar-refractivity contribution in [1.82, 2.24) is 5.32 Å². The second-order valence-corrected chi connectivity index (χ2v) is 5.77. The highest BCUT2D eigenvalue weighted by Crippen LogP contribution is 2.18. The highest BCUT2D eigenvalue weighted by atomic mass is 32.2. The van der Waals surface area contributed by atoms with Crippen LogP contribution in [0.5, 0.6) is 0 Å². The van der Waals surface area contributed by atoms with Crippen LogP contribution in [-0.4, -0.2) is 20.4 Å². The maximum Gasteiger partial charge on any atom is 0.287 e. The van der Waals surface area contributed by atoms with Gasteiger partial charge in [0.15, 0.2) is 5.76 Å². The van der Waals surface area contributed by atoms with Gasteiger partial charge in [-0.25, -0.2) is 13.6 Å². The number of hydrogen-bond acceptors (Lipinski definition) is 4. The number of rotatable bonds is 5. The van der Waals surface area contributed by atoms with Crippen LogP contribution in [0.3, 0.4) is 0 Å². The number of hydrogen-bond donors (Lipinski definition) is 2. The summed E-state index contributed by atoms with van der Waals surface area (Å²) in [7, 11) is -3.86. The van der Waals surface area contributed by atoms with Crippen molar-refractivity contribution in [3.05, 3.63) is 17.6 Å². The number of sulfonamides is 1. The highest BCUT2D eigenvalue weighted by molar-refractivity contribution is 7.89. The smallest absolute Gasteiger partial charge is 0.287 e. The van der Waals surface area contributed by atoms with E-state index in [1.807, 2.05) is 13.8 Å². The normalized spacial score (nSPS) is 13.3. The highest BCUT2D eigenvalue weighted by Gasteiger charge is 2.21. The Balaban J connectivity index is 2.89. The van der Waals surface area contributed by atoms with Crippen LogP contribution in [0.4, 0.5) is 0 Å². The zero-order chi connectivity index (χ0) is 13.9. The van der Waals surface area contributed by atoms with Crippen LogP contribution in [0.1, 0.15) is 43.0 Å². The fourth-order valence-corrected chi connectivity index (χ4v) is 2.37. The van der Waals surface area contributed by atoms with Gasteiger partial charge in [0.1, 0.15) is 10.7 Å². The van der Waals surface area contributed by atoms with E-state index < -0.39 is 15.9 Å². The van der Waals surface area contributed by atoms with Gasteiger partial charge in [-0.05, 0) is 20.3 Å². The number of nitrogens with one attached hydrogen (secondary N) is 1. The molecule has 1 aromatic rings. The number of furan rings is 1. The monoisotopic (exact) mass is 274 g/mol. The lowest BCUT2D eigenvalue weighted by Crippen LogP contribution is -2.32. The minimum Gasteiger partial charge on any atom is -0.455 e. The fraction of sp³-hybridized carbons (Fsp3) is 0.545.